The number of furan rings is 1. The van der Waals surface area contributed by atoms with Gasteiger partial charge >= 0.3 is 5.97 Å². The average molecular weight is 338 g/mol. The number of carbonyl (C=O) groups excluding carboxylic acids is 3. The molecule has 0 bridgehead atoms. The number of para-hydroxylation sites is 1. The maximum Gasteiger partial charge on any atom is 0.340 e. The summed E-state index contributed by atoms with van der Waals surface area (Å²) in [5.41, 5.74) is 0.759. The molecule has 0 aliphatic carbocycles. The second kappa shape index (κ2) is 7.31. The predicted molar refractivity (Wildman–Crippen MR) is 88.5 cm³/mol. The van der Waals surface area contributed by atoms with E-state index in [-0.39, 0.29) is 22.8 Å². The molecule has 0 radical (unpaired) electrons. The Bertz CT molecular complexity index is 882. The van der Waals surface area contributed by atoms with Crippen LogP contribution in [0.4, 0.5) is 5.69 Å². The number of anilines is 1. The van der Waals surface area contributed by atoms with Crippen LogP contribution >= 0.6 is 0 Å². The first-order chi connectivity index (χ1) is 12.1. The van der Waals surface area contributed by atoms with Gasteiger partial charge in [-0.15, -0.1) is 0 Å². The highest BCUT2D eigenvalue weighted by molar-refractivity contribution is 6.07. The van der Waals surface area contributed by atoms with Gasteiger partial charge in [0, 0.05) is 6.20 Å². The second-order valence-corrected chi connectivity index (χ2v) is 5.06. The number of Topliss-reactive ketones (excluding diaryl/α,β-unsaturated/α-hetero) is 1. The molecule has 2 N–H and O–H groups in total. The van der Waals surface area contributed by atoms with Crippen molar-refractivity contribution in [3.05, 3.63) is 78.0 Å². The molecule has 0 atom stereocenters. The second-order valence-electron chi connectivity index (χ2n) is 5.06. The topological polar surface area (TPSA) is 101 Å². The molecule has 126 valence electrons. The lowest BCUT2D eigenvalue weighted by Gasteiger charge is -2.09. The number of nitrogens with one attached hydrogen (secondary N) is 2. The molecule has 0 fully saturated rings. The van der Waals surface area contributed by atoms with Crippen LogP contribution in [0.3, 0.4) is 0 Å². The van der Waals surface area contributed by atoms with E-state index < -0.39 is 18.5 Å². The minimum Gasteiger partial charge on any atom is -0.459 e. The fourth-order valence-electron chi connectivity index (χ4n) is 2.15. The van der Waals surface area contributed by atoms with Crippen LogP contribution in [-0.2, 0) is 4.74 Å². The molecule has 0 saturated heterocycles. The molecule has 0 spiro atoms. The quantitative estimate of drug-likeness (QED) is 0.531. The molecule has 0 saturated carbocycles. The summed E-state index contributed by atoms with van der Waals surface area (Å²) in [4.78, 5) is 38.9. The largest absolute Gasteiger partial charge is 0.459 e. The first-order valence-electron chi connectivity index (χ1n) is 7.43. The van der Waals surface area contributed by atoms with Gasteiger partial charge in [-0.25, -0.2) is 4.79 Å². The third-order valence-corrected chi connectivity index (χ3v) is 3.37. The van der Waals surface area contributed by atoms with Crippen LogP contribution in [0.2, 0.25) is 0 Å². The highest BCUT2D eigenvalue weighted by Gasteiger charge is 2.18. The van der Waals surface area contributed by atoms with Crippen molar-refractivity contribution in [1.29, 1.82) is 0 Å². The number of ether oxygens (including phenoxy) is 1. The molecule has 1 amide bonds. The van der Waals surface area contributed by atoms with Crippen molar-refractivity contribution >= 4 is 23.3 Å². The Labute approximate surface area is 142 Å². The molecule has 3 rings (SSSR count). The zero-order valence-electron chi connectivity index (χ0n) is 13.0. The van der Waals surface area contributed by atoms with Gasteiger partial charge in [0.1, 0.15) is 0 Å². The summed E-state index contributed by atoms with van der Waals surface area (Å²) in [6.07, 6.45) is 2.98. The normalized spacial score (nSPS) is 10.2. The SMILES string of the molecule is O=C(COC(=O)c1ccccc1NC(=O)c1ccco1)c1ccc[nH]1. The fourth-order valence-corrected chi connectivity index (χ4v) is 2.15. The Kier molecular flexibility index (Phi) is 4.75. The van der Waals surface area contributed by atoms with Gasteiger partial charge in [-0.2, -0.15) is 0 Å². The van der Waals surface area contributed by atoms with Crippen molar-refractivity contribution in [3.8, 4) is 0 Å². The number of hydrogen-bond donors (Lipinski definition) is 2. The Morgan fingerprint density at radius 3 is 2.60 bits per heavy atom. The maximum atomic E-state index is 12.2. The lowest BCUT2D eigenvalue weighted by Crippen LogP contribution is -2.18. The average Bonchev–Trinajstić information content (AvgIpc) is 3.33. The van der Waals surface area contributed by atoms with Gasteiger partial charge < -0.3 is 19.5 Å². The van der Waals surface area contributed by atoms with E-state index in [1.54, 1.807) is 42.6 Å². The molecule has 0 aliphatic rings. The number of carbonyl (C=O) groups is 3. The van der Waals surface area contributed by atoms with Crippen LogP contribution in [0, 0.1) is 0 Å². The number of rotatable bonds is 6. The summed E-state index contributed by atoms with van der Waals surface area (Å²) in [7, 11) is 0. The highest BCUT2D eigenvalue weighted by Crippen LogP contribution is 2.17. The van der Waals surface area contributed by atoms with Gasteiger partial charge in [0.2, 0.25) is 5.78 Å². The van der Waals surface area contributed by atoms with Crippen molar-refractivity contribution in [2.45, 2.75) is 0 Å². The molecule has 2 aromatic heterocycles. The minimum absolute atomic E-state index is 0.116. The van der Waals surface area contributed by atoms with E-state index >= 15 is 0 Å². The van der Waals surface area contributed by atoms with Crippen molar-refractivity contribution < 1.29 is 23.5 Å². The minimum atomic E-state index is -0.713. The zero-order valence-corrected chi connectivity index (χ0v) is 13.0. The number of esters is 1. The summed E-state index contributed by atoms with van der Waals surface area (Å²) >= 11 is 0. The van der Waals surface area contributed by atoms with E-state index in [2.05, 4.69) is 10.3 Å². The lowest BCUT2D eigenvalue weighted by molar-refractivity contribution is 0.0474. The first kappa shape index (κ1) is 16.3. The zero-order chi connectivity index (χ0) is 17.6. The van der Waals surface area contributed by atoms with E-state index in [0.29, 0.717) is 5.69 Å². The number of ketones is 1. The standard InChI is InChI=1S/C18H14N2O5/c21-15(14-7-3-9-19-14)11-25-18(23)12-5-1-2-6-13(12)20-17(22)16-8-4-10-24-16/h1-10,19H,11H2,(H,20,22). The van der Waals surface area contributed by atoms with Gasteiger partial charge in [-0.1, -0.05) is 12.1 Å². The summed E-state index contributed by atoms with van der Waals surface area (Å²) in [6.45, 7) is -0.403. The molecular weight excluding hydrogens is 324 g/mol. The molecule has 0 aliphatic heterocycles. The lowest BCUT2D eigenvalue weighted by atomic mass is 10.1. The van der Waals surface area contributed by atoms with E-state index in [1.165, 1.54) is 18.4 Å². The molecule has 7 heteroatoms. The van der Waals surface area contributed by atoms with Crippen molar-refractivity contribution in [3.63, 3.8) is 0 Å². The van der Waals surface area contributed by atoms with Crippen molar-refractivity contribution in [2.24, 2.45) is 0 Å². The number of aromatic nitrogens is 1. The van der Waals surface area contributed by atoms with Crippen molar-refractivity contribution in [2.75, 3.05) is 11.9 Å². The number of benzene rings is 1. The summed E-state index contributed by atoms with van der Waals surface area (Å²) in [5.74, 6) is -1.44. The smallest absolute Gasteiger partial charge is 0.340 e. The molecule has 1 aromatic carbocycles. The highest BCUT2D eigenvalue weighted by atomic mass is 16.5. The van der Waals surface area contributed by atoms with Gasteiger partial charge in [-0.05, 0) is 36.4 Å². The summed E-state index contributed by atoms with van der Waals surface area (Å²) in [6, 6.07) is 12.7. The first-order valence-corrected chi connectivity index (χ1v) is 7.43. The van der Waals surface area contributed by atoms with Crippen LogP contribution in [0.1, 0.15) is 31.4 Å². The Morgan fingerprint density at radius 1 is 1.04 bits per heavy atom. The molecule has 3 aromatic rings. The fraction of sp³-hybridized carbons (Fsp3) is 0.0556. The number of amides is 1. The van der Waals surface area contributed by atoms with E-state index in [1.807, 2.05) is 0 Å². The Hall–Kier alpha value is -3.61. The summed E-state index contributed by atoms with van der Waals surface area (Å²) < 4.78 is 10.1. The molecule has 7 nitrogen and oxygen atoms in total. The summed E-state index contributed by atoms with van der Waals surface area (Å²) in [5, 5.41) is 2.58. The predicted octanol–water partition coefficient (Wildman–Crippen LogP) is 2.90. The van der Waals surface area contributed by atoms with Gasteiger partial charge in [0.25, 0.3) is 5.91 Å². The third kappa shape index (κ3) is 3.84. The van der Waals surface area contributed by atoms with Crippen LogP contribution in [0.25, 0.3) is 0 Å². The van der Waals surface area contributed by atoms with Crippen molar-refractivity contribution in [1.82, 2.24) is 4.98 Å². The van der Waals surface area contributed by atoms with E-state index in [9.17, 15) is 14.4 Å². The number of hydrogen-bond acceptors (Lipinski definition) is 5. The van der Waals surface area contributed by atoms with E-state index in [4.69, 9.17) is 9.15 Å². The van der Waals surface area contributed by atoms with Crippen LogP contribution < -0.4 is 5.32 Å². The molecular formula is C18H14N2O5. The monoisotopic (exact) mass is 338 g/mol. The van der Waals surface area contributed by atoms with Crippen LogP contribution in [0.5, 0.6) is 0 Å². The Balaban J connectivity index is 1.68. The maximum absolute atomic E-state index is 12.2. The van der Waals surface area contributed by atoms with Crippen LogP contribution in [0.15, 0.2) is 65.4 Å². The van der Waals surface area contributed by atoms with Crippen LogP contribution in [-0.4, -0.2) is 29.3 Å². The van der Waals surface area contributed by atoms with E-state index in [0.717, 1.165) is 0 Å². The molecule has 0 unspecified atom stereocenters. The van der Waals surface area contributed by atoms with Gasteiger partial charge in [0.15, 0.2) is 12.4 Å². The molecule has 25 heavy (non-hydrogen) atoms. The molecule has 2 heterocycles. The Morgan fingerprint density at radius 2 is 1.88 bits per heavy atom. The number of H-pyrrole nitrogens is 1. The number of aromatic amines is 1. The third-order valence-electron chi connectivity index (χ3n) is 3.37. The van der Waals surface area contributed by atoms with Gasteiger partial charge in [0.05, 0.1) is 23.2 Å². The van der Waals surface area contributed by atoms with Gasteiger partial charge in [-0.3, -0.25) is 9.59 Å².